The molecule has 5 rings (SSSR count). The lowest BCUT2D eigenvalue weighted by molar-refractivity contribution is -0.384. The quantitative estimate of drug-likeness (QED) is 0.199. The average molecular weight is 470 g/mol. The number of amides is 1. The molecule has 174 valence electrons. The summed E-state index contributed by atoms with van der Waals surface area (Å²) in [6.45, 7) is 2.26. The third-order valence-corrected chi connectivity index (χ3v) is 5.86. The Morgan fingerprint density at radius 2 is 1.91 bits per heavy atom. The summed E-state index contributed by atoms with van der Waals surface area (Å²) in [5.41, 5.74) is 5.84. The number of fused-ring (bicyclic) bond motifs is 2. The zero-order valence-electron chi connectivity index (χ0n) is 18.6. The van der Waals surface area contributed by atoms with Gasteiger partial charge < -0.3 is 8.98 Å². The van der Waals surface area contributed by atoms with Crippen molar-refractivity contribution in [2.75, 3.05) is 0 Å². The number of rotatable bonds is 6. The number of carbonyl (C=O) groups is 1. The van der Waals surface area contributed by atoms with Crippen molar-refractivity contribution in [3.63, 3.8) is 0 Å². The largest absolute Gasteiger partial charge is 0.451 e. The normalized spacial score (nSPS) is 11.5. The molecule has 9 heteroatoms. The summed E-state index contributed by atoms with van der Waals surface area (Å²) in [7, 11) is 0. The predicted octanol–water partition coefficient (Wildman–Crippen LogP) is 5.56. The van der Waals surface area contributed by atoms with Gasteiger partial charge in [-0.1, -0.05) is 36.4 Å². The van der Waals surface area contributed by atoms with Gasteiger partial charge in [0, 0.05) is 45.2 Å². The average Bonchev–Trinajstić information content (AvgIpc) is 3.40. The molecule has 35 heavy (non-hydrogen) atoms. The van der Waals surface area contributed by atoms with E-state index in [0.29, 0.717) is 23.1 Å². The van der Waals surface area contributed by atoms with Crippen LogP contribution in [0.4, 0.5) is 10.1 Å². The second-order valence-corrected chi connectivity index (χ2v) is 7.98. The molecule has 0 aliphatic heterocycles. The number of hydrogen-bond donors (Lipinski definition) is 1. The lowest BCUT2D eigenvalue weighted by atomic mass is 10.1. The highest BCUT2D eigenvalue weighted by atomic mass is 19.1. The van der Waals surface area contributed by atoms with Crippen molar-refractivity contribution >= 4 is 39.7 Å². The third kappa shape index (κ3) is 4.15. The number of carbonyl (C=O) groups excluding carboxylic acids is 1. The molecule has 1 N–H and O–H groups in total. The number of nitro groups is 1. The van der Waals surface area contributed by atoms with Crippen molar-refractivity contribution < 1.29 is 18.5 Å². The Morgan fingerprint density at radius 3 is 2.71 bits per heavy atom. The summed E-state index contributed by atoms with van der Waals surface area (Å²) < 4.78 is 21.8. The van der Waals surface area contributed by atoms with E-state index in [4.69, 9.17) is 4.42 Å². The molecule has 5 aromatic rings. The Kier molecular flexibility index (Phi) is 5.58. The Bertz CT molecular complexity index is 1630. The molecular weight excluding hydrogens is 451 g/mol. The second kappa shape index (κ2) is 8.86. The summed E-state index contributed by atoms with van der Waals surface area (Å²) in [5.74, 6) is -0.882. The van der Waals surface area contributed by atoms with E-state index in [-0.39, 0.29) is 17.3 Å². The maximum absolute atomic E-state index is 14.3. The van der Waals surface area contributed by atoms with E-state index in [1.807, 2.05) is 35.8 Å². The number of nitro benzene ring substituents is 1. The minimum absolute atomic E-state index is 0.0173. The van der Waals surface area contributed by atoms with Gasteiger partial charge in [-0.15, -0.1) is 0 Å². The van der Waals surface area contributed by atoms with E-state index in [9.17, 15) is 19.3 Å². The molecule has 8 nitrogen and oxygen atoms in total. The van der Waals surface area contributed by atoms with Gasteiger partial charge in [0.05, 0.1) is 17.7 Å². The first-order valence-corrected chi connectivity index (χ1v) is 10.7. The van der Waals surface area contributed by atoms with Crippen LogP contribution in [-0.4, -0.2) is 21.6 Å². The molecule has 0 bridgehead atoms. The Hall–Kier alpha value is -4.79. The molecule has 0 saturated heterocycles. The molecule has 0 saturated carbocycles. The zero-order chi connectivity index (χ0) is 24.5. The first kappa shape index (κ1) is 22.0. The molecule has 1 amide bonds. The third-order valence-electron chi connectivity index (χ3n) is 5.86. The molecule has 2 aromatic heterocycles. The van der Waals surface area contributed by atoms with Crippen LogP contribution in [0.5, 0.6) is 0 Å². The molecule has 0 aliphatic rings. The van der Waals surface area contributed by atoms with Crippen molar-refractivity contribution in [2.24, 2.45) is 5.10 Å². The molecule has 0 atom stereocenters. The predicted molar refractivity (Wildman–Crippen MR) is 130 cm³/mol. The van der Waals surface area contributed by atoms with Gasteiger partial charge in [-0.05, 0) is 31.2 Å². The number of halogens is 1. The van der Waals surface area contributed by atoms with Crippen LogP contribution in [0.25, 0.3) is 21.9 Å². The SMILES string of the molecule is Cc1c(/C=N/NC(=O)c2cc3cc([N+](=O)[O-])ccc3o2)c2ccccc2n1Cc1ccccc1F. The first-order valence-electron chi connectivity index (χ1n) is 10.7. The van der Waals surface area contributed by atoms with Crippen LogP contribution in [0, 0.1) is 22.9 Å². The van der Waals surface area contributed by atoms with E-state index >= 15 is 0 Å². The first-order chi connectivity index (χ1) is 16.9. The molecule has 0 radical (unpaired) electrons. The summed E-state index contributed by atoms with van der Waals surface area (Å²) in [6, 6.07) is 19.9. The number of non-ortho nitro benzene ring substituents is 1. The van der Waals surface area contributed by atoms with Gasteiger partial charge in [-0.3, -0.25) is 14.9 Å². The van der Waals surface area contributed by atoms with E-state index in [0.717, 1.165) is 22.2 Å². The number of para-hydroxylation sites is 1. The van der Waals surface area contributed by atoms with Crippen molar-refractivity contribution in [3.05, 3.63) is 111 Å². The van der Waals surface area contributed by atoms with Gasteiger partial charge in [0.1, 0.15) is 11.4 Å². The van der Waals surface area contributed by atoms with Crippen LogP contribution in [0.15, 0.2) is 82.3 Å². The number of nitrogens with one attached hydrogen (secondary N) is 1. The van der Waals surface area contributed by atoms with Gasteiger partial charge in [0.2, 0.25) is 0 Å². The summed E-state index contributed by atoms with van der Waals surface area (Å²) in [5, 5.41) is 16.4. The Labute approximate surface area is 198 Å². The number of hydrazone groups is 1. The van der Waals surface area contributed by atoms with Crippen molar-refractivity contribution in [1.29, 1.82) is 0 Å². The molecule has 0 spiro atoms. The highest BCUT2D eigenvalue weighted by Crippen LogP contribution is 2.27. The van der Waals surface area contributed by atoms with Gasteiger partial charge in [0.15, 0.2) is 5.76 Å². The molecule has 0 aliphatic carbocycles. The van der Waals surface area contributed by atoms with E-state index in [1.54, 1.807) is 24.4 Å². The lowest BCUT2D eigenvalue weighted by Gasteiger charge is -2.09. The monoisotopic (exact) mass is 470 g/mol. The lowest BCUT2D eigenvalue weighted by Crippen LogP contribution is -2.16. The number of benzene rings is 3. The van der Waals surface area contributed by atoms with Gasteiger partial charge >= 0.3 is 5.91 Å². The van der Waals surface area contributed by atoms with Crippen LogP contribution < -0.4 is 5.43 Å². The van der Waals surface area contributed by atoms with Crippen molar-refractivity contribution in [2.45, 2.75) is 13.5 Å². The number of furan rings is 1. The standard InChI is InChI=1S/C26H19FN4O4/c1-16-21(20-7-3-5-9-23(20)30(16)15-17-6-2-4-8-22(17)27)14-28-29-26(32)25-13-18-12-19(31(33)34)10-11-24(18)35-25/h2-14H,15H2,1H3,(H,29,32)/b28-14+. The fraction of sp³-hybridized carbons (Fsp3) is 0.0769. The van der Waals surface area contributed by atoms with Gasteiger partial charge in [-0.2, -0.15) is 5.10 Å². The van der Waals surface area contributed by atoms with E-state index in [1.165, 1.54) is 30.3 Å². The highest BCUT2D eigenvalue weighted by Gasteiger charge is 2.16. The number of hydrogen-bond acceptors (Lipinski definition) is 5. The summed E-state index contributed by atoms with van der Waals surface area (Å²) in [6.07, 6.45) is 1.54. The Balaban J connectivity index is 1.41. The van der Waals surface area contributed by atoms with Crippen LogP contribution in [0.2, 0.25) is 0 Å². The smallest absolute Gasteiger partial charge is 0.307 e. The number of aromatic nitrogens is 1. The Morgan fingerprint density at radius 1 is 1.14 bits per heavy atom. The zero-order valence-corrected chi connectivity index (χ0v) is 18.6. The van der Waals surface area contributed by atoms with Crippen LogP contribution in [-0.2, 0) is 6.54 Å². The molecule has 2 heterocycles. The van der Waals surface area contributed by atoms with E-state index < -0.39 is 10.8 Å². The molecule has 0 unspecified atom stereocenters. The molecule has 0 fully saturated rings. The minimum Gasteiger partial charge on any atom is -0.451 e. The van der Waals surface area contributed by atoms with Crippen LogP contribution in [0.3, 0.4) is 0 Å². The summed E-state index contributed by atoms with van der Waals surface area (Å²) in [4.78, 5) is 23.0. The molecular formula is C26H19FN4O4. The van der Waals surface area contributed by atoms with Crippen LogP contribution >= 0.6 is 0 Å². The number of nitrogens with zero attached hydrogens (tertiary/aromatic N) is 3. The minimum atomic E-state index is -0.590. The van der Waals surface area contributed by atoms with Crippen molar-refractivity contribution in [1.82, 2.24) is 9.99 Å². The molecule has 3 aromatic carbocycles. The maximum Gasteiger partial charge on any atom is 0.307 e. The van der Waals surface area contributed by atoms with Gasteiger partial charge in [-0.25, -0.2) is 9.82 Å². The topological polar surface area (TPSA) is 103 Å². The fourth-order valence-electron chi connectivity index (χ4n) is 4.09. The van der Waals surface area contributed by atoms with E-state index in [2.05, 4.69) is 10.5 Å². The van der Waals surface area contributed by atoms with Crippen molar-refractivity contribution in [3.8, 4) is 0 Å². The second-order valence-electron chi connectivity index (χ2n) is 7.98. The van der Waals surface area contributed by atoms with Crippen LogP contribution in [0.1, 0.15) is 27.4 Å². The fourth-order valence-corrected chi connectivity index (χ4v) is 4.09. The maximum atomic E-state index is 14.3. The highest BCUT2D eigenvalue weighted by molar-refractivity contribution is 6.02. The summed E-state index contributed by atoms with van der Waals surface area (Å²) >= 11 is 0. The van der Waals surface area contributed by atoms with Gasteiger partial charge in [0.25, 0.3) is 5.69 Å².